The van der Waals surface area contributed by atoms with Crippen molar-refractivity contribution in [2.24, 2.45) is 5.73 Å². The van der Waals surface area contributed by atoms with E-state index in [0.29, 0.717) is 10.6 Å². The number of carbonyl (C=O) groups excluding carboxylic acids is 1. The minimum atomic E-state index is -0.280. The molecule has 110 valence electrons. The van der Waals surface area contributed by atoms with Crippen LogP contribution in [0.3, 0.4) is 0 Å². The topological polar surface area (TPSA) is 72.9 Å². The first-order chi connectivity index (χ1) is 10.1. The zero-order valence-electron chi connectivity index (χ0n) is 11.8. The van der Waals surface area contributed by atoms with Crippen molar-refractivity contribution in [1.82, 2.24) is 15.1 Å². The highest BCUT2D eigenvalue weighted by Crippen LogP contribution is 2.08. The fraction of sp³-hybridized carbons (Fsp3) is 0.267. The molecule has 1 aromatic heterocycles. The van der Waals surface area contributed by atoms with Gasteiger partial charge in [0, 0.05) is 6.20 Å². The lowest BCUT2D eigenvalue weighted by Crippen LogP contribution is -2.43. The molecule has 0 spiro atoms. The van der Waals surface area contributed by atoms with Gasteiger partial charge in [0.15, 0.2) is 0 Å². The SMILES string of the molecule is CCCC(NC(=O)c1cnn(-c2ccccc2)c1)C(N)=S. The van der Waals surface area contributed by atoms with E-state index in [1.165, 1.54) is 6.20 Å². The fourth-order valence-electron chi connectivity index (χ4n) is 1.98. The smallest absolute Gasteiger partial charge is 0.255 e. The van der Waals surface area contributed by atoms with Crippen LogP contribution in [0, 0.1) is 0 Å². The molecule has 0 aliphatic heterocycles. The molecule has 5 nitrogen and oxygen atoms in total. The minimum absolute atomic E-state index is 0.219. The molecule has 1 aromatic carbocycles. The molecule has 0 bridgehead atoms. The van der Waals surface area contributed by atoms with Crippen molar-refractivity contribution < 1.29 is 4.79 Å². The molecule has 1 heterocycles. The normalized spacial score (nSPS) is 11.9. The van der Waals surface area contributed by atoms with Crippen LogP contribution >= 0.6 is 12.2 Å². The van der Waals surface area contributed by atoms with Crippen molar-refractivity contribution in [3.05, 3.63) is 48.3 Å². The molecule has 0 saturated heterocycles. The van der Waals surface area contributed by atoms with Crippen molar-refractivity contribution in [3.63, 3.8) is 0 Å². The van der Waals surface area contributed by atoms with Crippen LogP contribution in [0.1, 0.15) is 30.1 Å². The maximum Gasteiger partial charge on any atom is 0.255 e. The minimum Gasteiger partial charge on any atom is -0.392 e. The number of hydrogen-bond acceptors (Lipinski definition) is 3. The fourth-order valence-corrected chi connectivity index (χ4v) is 2.15. The lowest BCUT2D eigenvalue weighted by Gasteiger charge is -2.15. The van der Waals surface area contributed by atoms with Gasteiger partial charge in [-0.2, -0.15) is 5.10 Å². The number of hydrogen-bond donors (Lipinski definition) is 2. The first-order valence-electron chi connectivity index (χ1n) is 6.82. The molecule has 1 atom stereocenters. The molecule has 21 heavy (non-hydrogen) atoms. The number of aromatic nitrogens is 2. The van der Waals surface area contributed by atoms with Crippen LogP contribution in [0.5, 0.6) is 0 Å². The van der Waals surface area contributed by atoms with Crippen molar-refractivity contribution in [2.75, 3.05) is 0 Å². The Hall–Kier alpha value is -2.21. The molecule has 1 unspecified atom stereocenters. The Morgan fingerprint density at radius 3 is 2.76 bits per heavy atom. The molecule has 0 aliphatic carbocycles. The highest BCUT2D eigenvalue weighted by molar-refractivity contribution is 7.80. The van der Waals surface area contributed by atoms with E-state index in [9.17, 15) is 4.79 Å². The zero-order chi connectivity index (χ0) is 15.2. The quantitative estimate of drug-likeness (QED) is 0.801. The average Bonchev–Trinajstić information content (AvgIpc) is 2.97. The van der Waals surface area contributed by atoms with Gasteiger partial charge in [-0.05, 0) is 18.6 Å². The Bertz CT molecular complexity index is 624. The predicted molar refractivity (Wildman–Crippen MR) is 86.5 cm³/mol. The average molecular weight is 302 g/mol. The van der Waals surface area contributed by atoms with Gasteiger partial charge in [0.1, 0.15) is 0 Å². The van der Waals surface area contributed by atoms with Gasteiger partial charge in [-0.1, -0.05) is 43.8 Å². The van der Waals surface area contributed by atoms with E-state index in [4.69, 9.17) is 18.0 Å². The summed E-state index contributed by atoms with van der Waals surface area (Å²) < 4.78 is 1.66. The van der Waals surface area contributed by atoms with Gasteiger partial charge in [-0.15, -0.1) is 0 Å². The highest BCUT2D eigenvalue weighted by Gasteiger charge is 2.16. The lowest BCUT2D eigenvalue weighted by atomic mass is 10.1. The predicted octanol–water partition coefficient (Wildman–Crippen LogP) is 2.06. The number of rotatable bonds is 6. The maximum absolute atomic E-state index is 12.2. The molecular formula is C15H18N4OS. The van der Waals surface area contributed by atoms with Crippen molar-refractivity contribution in [1.29, 1.82) is 0 Å². The highest BCUT2D eigenvalue weighted by atomic mass is 32.1. The Balaban J connectivity index is 2.10. The summed E-state index contributed by atoms with van der Waals surface area (Å²) in [5.74, 6) is -0.219. The Labute approximate surface area is 129 Å². The van der Waals surface area contributed by atoms with Crippen LogP contribution in [0.25, 0.3) is 5.69 Å². The van der Waals surface area contributed by atoms with Crippen molar-refractivity contribution in [2.45, 2.75) is 25.8 Å². The Kier molecular flexibility index (Phi) is 5.05. The summed E-state index contributed by atoms with van der Waals surface area (Å²) >= 11 is 4.97. The molecule has 2 aromatic rings. The van der Waals surface area contributed by atoms with Crippen LogP contribution in [-0.2, 0) is 0 Å². The molecule has 2 rings (SSSR count). The third-order valence-corrected chi connectivity index (χ3v) is 3.38. The molecular weight excluding hydrogens is 284 g/mol. The molecule has 6 heteroatoms. The first-order valence-corrected chi connectivity index (χ1v) is 7.23. The van der Waals surface area contributed by atoms with Gasteiger partial charge >= 0.3 is 0 Å². The van der Waals surface area contributed by atoms with E-state index >= 15 is 0 Å². The largest absolute Gasteiger partial charge is 0.392 e. The van der Waals surface area contributed by atoms with Crippen molar-refractivity contribution in [3.8, 4) is 5.69 Å². The molecule has 0 radical (unpaired) electrons. The Morgan fingerprint density at radius 1 is 1.43 bits per heavy atom. The van der Waals surface area contributed by atoms with E-state index in [1.807, 2.05) is 37.3 Å². The molecule has 0 fully saturated rings. The number of nitrogens with one attached hydrogen (secondary N) is 1. The van der Waals surface area contributed by atoms with E-state index < -0.39 is 0 Å². The number of nitrogens with two attached hydrogens (primary N) is 1. The van der Waals surface area contributed by atoms with Crippen LogP contribution in [-0.4, -0.2) is 26.7 Å². The first kappa shape index (κ1) is 15.2. The Morgan fingerprint density at radius 2 is 2.14 bits per heavy atom. The second kappa shape index (κ2) is 6.99. The second-order valence-corrected chi connectivity index (χ2v) is 5.20. The number of nitrogens with zero attached hydrogens (tertiary/aromatic N) is 2. The monoisotopic (exact) mass is 302 g/mol. The molecule has 0 aliphatic rings. The van der Waals surface area contributed by atoms with Crippen LogP contribution in [0.4, 0.5) is 0 Å². The summed E-state index contributed by atoms with van der Waals surface area (Å²) in [6.07, 6.45) is 4.84. The number of thiocarbonyl (C=S) groups is 1. The molecule has 1 amide bonds. The molecule has 3 N–H and O–H groups in total. The number of para-hydroxylation sites is 1. The van der Waals surface area contributed by atoms with Gasteiger partial charge in [0.2, 0.25) is 0 Å². The van der Waals surface area contributed by atoms with Gasteiger partial charge in [0.25, 0.3) is 5.91 Å². The van der Waals surface area contributed by atoms with Crippen molar-refractivity contribution >= 4 is 23.1 Å². The number of amides is 1. The third kappa shape index (κ3) is 3.88. The summed E-state index contributed by atoms with van der Waals surface area (Å²) in [7, 11) is 0. The van der Waals surface area contributed by atoms with Crippen LogP contribution in [0.2, 0.25) is 0 Å². The van der Waals surface area contributed by atoms with Gasteiger partial charge in [-0.25, -0.2) is 4.68 Å². The third-order valence-electron chi connectivity index (χ3n) is 3.09. The standard InChI is InChI=1S/C15H18N4OS/c1-2-6-13(14(16)21)18-15(20)11-9-17-19(10-11)12-7-4-3-5-8-12/h3-5,7-10,13H,2,6H2,1H3,(H2,16,21)(H,18,20). The summed E-state index contributed by atoms with van der Waals surface area (Å²) in [6.45, 7) is 2.02. The summed E-state index contributed by atoms with van der Waals surface area (Å²) in [5, 5.41) is 7.04. The van der Waals surface area contributed by atoms with E-state index in [-0.39, 0.29) is 11.9 Å². The van der Waals surface area contributed by atoms with Gasteiger partial charge in [-0.3, -0.25) is 4.79 Å². The van der Waals surface area contributed by atoms with Crippen LogP contribution < -0.4 is 11.1 Å². The maximum atomic E-state index is 12.2. The summed E-state index contributed by atoms with van der Waals surface area (Å²) in [5.41, 5.74) is 7.02. The van der Waals surface area contributed by atoms with E-state index in [1.54, 1.807) is 10.9 Å². The summed E-state index contributed by atoms with van der Waals surface area (Å²) in [4.78, 5) is 12.5. The zero-order valence-corrected chi connectivity index (χ0v) is 12.6. The van der Waals surface area contributed by atoms with Gasteiger partial charge < -0.3 is 11.1 Å². The number of carbonyl (C=O) groups is 1. The lowest BCUT2D eigenvalue weighted by molar-refractivity contribution is 0.0945. The van der Waals surface area contributed by atoms with Gasteiger partial charge in [0.05, 0.1) is 28.5 Å². The molecule has 0 saturated carbocycles. The van der Waals surface area contributed by atoms with Crippen LogP contribution in [0.15, 0.2) is 42.7 Å². The summed E-state index contributed by atoms with van der Waals surface area (Å²) in [6, 6.07) is 9.32. The number of benzene rings is 1. The van der Waals surface area contributed by atoms with E-state index in [0.717, 1.165) is 18.5 Å². The second-order valence-electron chi connectivity index (χ2n) is 4.73. The van der Waals surface area contributed by atoms with E-state index in [2.05, 4.69) is 10.4 Å².